The lowest BCUT2D eigenvalue weighted by atomic mass is 10.1. The molecule has 2 aromatic heterocycles. The molecule has 3 rings (SSSR count). The Hall–Kier alpha value is -4.08. The van der Waals surface area contributed by atoms with Crippen LogP contribution in [0.2, 0.25) is 0 Å². The fourth-order valence-electron chi connectivity index (χ4n) is 2.87. The molecule has 0 unspecified atom stereocenters. The van der Waals surface area contributed by atoms with Crippen LogP contribution in [-0.4, -0.2) is 35.7 Å². The van der Waals surface area contributed by atoms with Crippen molar-refractivity contribution in [2.75, 3.05) is 13.7 Å². The van der Waals surface area contributed by atoms with E-state index >= 15 is 0 Å². The predicted octanol–water partition coefficient (Wildman–Crippen LogP) is 3.87. The third-order valence-electron chi connectivity index (χ3n) is 4.48. The SMILES string of the molecule is COCc1c(Br)c(C)nc(OCC(=O)N/N=C\c2ccc(-c3ccc([N+](=O)[O-])cc3)o2)c1C#N. The molecule has 1 amide bonds. The van der Waals surface area contributed by atoms with Crippen molar-refractivity contribution in [2.24, 2.45) is 5.10 Å². The number of aromatic nitrogens is 1. The summed E-state index contributed by atoms with van der Waals surface area (Å²) >= 11 is 3.39. The van der Waals surface area contributed by atoms with E-state index in [1.165, 1.54) is 25.5 Å². The van der Waals surface area contributed by atoms with E-state index in [0.717, 1.165) is 0 Å². The Balaban J connectivity index is 1.59. The van der Waals surface area contributed by atoms with Gasteiger partial charge in [-0.2, -0.15) is 10.4 Å². The highest BCUT2D eigenvalue weighted by molar-refractivity contribution is 9.10. The number of nitrogens with zero attached hydrogens (tertiary/aromatic N) is 4. The number of nitrogens with one attached hydrogen (secondary N) is 1. The molecule has 0 radical (unpaired) electrons. The zero-order valence-corrected chi connectivity index (χ0v) is 19.7. The summed E-state index contributed by atoms with van der Waals surface area (Å²) in [6, 6.07) is 11.2. The normalized spacial score (nSPS) is 10.8. The average molecular weight is 528 g/mol. The number of hydrogen-bond acceptors (Lipinski definition) is 9. The summed E-state index contributed by atoms with van der Waals surface area (Å²) in [6.45, 7) is 1.49. The number of halogens is 1. The summed E-state index contributed by atoms with van der Waals surface area (Å²) in [6.07, 6.45) is 1.30. The van der Waals surface area contributed by atoms with Crippen molar-refractivity contribution in [3.8, 4) is 23.3 Å². The molecule has 0 atom stereocenters. The standard InChI is InChI=1S/C22H18BrN5O6/c1-13-21(23)18(11-32-2)17(9-24)22(26-13)33-12-20(29)27-25-10-16-7-8-19(34-16)14-3-5-15(6-4-14)28(30)31/h3-8,10H,11-12H2,1-2H3,(H,27,29)/b25-10-. The fraction of sp³-hybridized carbons (Fsp3) is 0.182. The Labute approximate surface area is 202 Å². The molecule has 0 aliphatic rings. The summed E-state index contributed by atoms with van der Waals surface area (Å²) in [5.74, 6) is 0.292. The van der Waals surface area contributed by atoms with Gasteiger partial charge in [-0.05, 0) is 47.1 Å². The third kappa shape index (κ3) is 5.83. The Morgan fingerprint density at radius 2 is 2.09 bits per heavy atom. The van der Waals surface area contributed by atoms with Crippen molar-refractivity contribution in [2.45, 2.75) is 13.5 Å². The summed E-state index contributed by atoms with van der Waals surface area (Å²) in [4.78, 5) is 26.6. The number of aryl methyl sites for hydroxylation is 1. The van der Waals surface area contributed by atoms with Gasteiger partial charge in [0, 0.05) is 34.8 Å². The largest absolute Gasteiger partial charge is 0.467 e. The van der Waals surface area contributed by atoms with Crippen LogP contribution in [0.4, 0.5) is 5.69 Å². The Morgan fingerprint density at radius 3 is 2.74 bits per heavy atom. The van der Waals surface area contributed by atoms with E-state index in [1.807, 2.05) is 6.07 Å². The lowest BCUT2D eigenvalue weighted by Crippen LogP contribution is -2.25. The number of hydrazone groups is 1. The average Bonchev–Trinajstić information content (AvgIpc) is 3.30. The smallest absolute Gasteiger partial charge is 0.278 e. The van der Waals surface area contributed by atoms with E-state index in [0.29, 0.717) is 32.8 Å². The summed E-state index contributed by atoms with van der Waals surface area (Å²) in [5, 5.41) is 24.1. The van der Waals surface area contributed by atoms with E-state index < -0.39 is 17.4 Å². The second-order valence-corrected chi connectivity index (χ2v) is 7.60. The number of hydrogen-bond donors (Lipinski definition) is 1. The molecule has 0 spiro atoms. The maximum Gasteiger partial charge on any atom is 0.278 e. The van der Waals surface area contributed by atoms with Crippen molar-refractivity contribution < 1.29 is 23.6 Å². The van der Waals surface area contributed by atoms with E-state index in [2.05, 4.69) is 31.4 Å². The zero-order valence-electron chi connectivity index (χ0n) is 18.1. The molecule has 0 saturated heterocycles. The molecule has 1 aromatic carbocycles. The van der Waals surface area contributed by atoms with Crippen LogP contribution in [0, 0.1) is 28.4 Å². The molecule has 11 nitrogen and oxygen atoms in total. The number of pyridine rings is 1. The Bertz CT molecular complexity index is 1280. The topological polar surface area (TPSA) is 153 Å². The predicted molar refractivity (Wildman–Crippen MR) is 124 cm³/mol. The van der Waals surface area contributed by atoms with Gasteiger partial charge in [0.15, 0.2) is 6.61 Å². The maximum atomic E-state index is 12.1. The maximum absolute atomic E-state index is 12.1. The molecule has 0 bridgehead atoms. The number of nitro groups is 1. The van der Waals surface area contributed by atoms with E-state index in [1.54, 1.807) is 31.2 Å². The van der Waals surface area contributed by atoms with Crippen LogP contribution in [-0.2, 0) is 16.1 Å². The molecular formula is C22H18BrN5O6. The van der Waals surface area contributed by atoms with E-state index in [9.17, 15) is 20.2 Å². The number of nitro benzene ring substituents is 1. The highest BCUT2D eigenvalue weighted by atomic mass is 79.9. The minimum absolute atomic E-state index is 0.0210. The third-order valence-corrected chi connectivity index (χ3v) is 5.53. The summed E-state index contributed by atoms with van der Waals surface area (Å²) in [7, 11) is 1.50. The zero-order chi connectivity index (χ0) is 24.7. The molecule has 2 heterocycles. The minimum atomic E-state index is -0.571. The van der Waals surface area contributed by atoms with Crippen LogP contribution >= 0.6 is 15.9 Å². The van der Waals surface area contributed by atoms with Gasteiger partial charge in [-0.1, -0.05) is 0 Å². The first-order valence-corrected chi connectivity index (χ1v) is 10.5. The number of carbonyl (C=O) groups is 1. The molecule has 12 heteroatoms. The molecular weight excluding hydrogens is 510 g/mol. The molecule has 0 aliphatic heterocycles. The number of nitriles is 1. The van der Waals surface area contributed by atoms with Crippen LogP contribution < -0.4 is 10.2 Å². The fourth-order valence-corrected chi connectivity index (χ4v) is 3.27. The minimum Gasteiger partial charge on any atom is -0.467 e. The van der Waals surface area contributed by atoms with Gasteiger partial charge in [-0.25, -0.2) is 10.4 Å². The van der Waals surface area contributed by atoms with Crippen LogP contribution in [0.25, 0.3) is 11.3 Å². The second kappa shape index (κ2) is 11.2. The van der Waals surface area contributed by atoms with Crippen LogP contribution in [0.5, 0.6) is 5.88 Å². The van der Waals surface area contributed by atoms with Crippen molar-refractivity contribution in [1.82, 2.24) is 10.4 Å². The number of benzene rings is 1. The quantitative estimate of drug-likeness (QED) is 0.250. The van der Waals surface area contributed by atoms with Crippen LogP contribution in [0.15, 0.2) is 50.4 Å². The highest BCUT2D eigenvalue weighted by Crippen LogP contribution is 2.30. The highest BCUT2D eigenvalue weighted by Gasteiger charge is 2.18. The van der Waals surface area contributed by atoms with Crippen molar-refractivity contribution in [1.29, 1.82) is 5.26 Å². The van der Waals surface area contributed by atoms with Gasteiger partial charge in [0.2, 0.25) is 5.88 Å². The number of furan rings is 1. The number of rotatable bonds is 9. The van der Waals surface area contributed by atoms with Gasteiger partial charge in [0.1, 0.15) is 23.2 Å². The molecule has 1 N–H and O–H groups in total. The summed E-state index contributed by atoms with van der Waals surface area (Å²) < 4.78 is 16.8. The summed E-state index contributed by atoms with van der Waals surface area (Å²) in [5.41, 5.74) is 4.26. The second-order valence-electron chi connectivity index (χ2n) is 6.80. The van der Waals surface area contributed by atoms with Crippen molar-refractivity contribution >= 4 is 33.7 Å². The number of amides is 1. The first kappa shape index (κ1) is 24.6. The molecule has 0 saturated carbocycles. The van der Waals surface area contributed by atoms with Crippen molar-refractivity contribution in [3.05, 3.63) is 73.6 Å². The first-order valence-electron chi connectivity index (χ1n) is 9.71. The van der Waals surface area contributed by atoms with Gasteiger partial charge >= 0.3 is 0 Å². The first-order chi connectivity index (χ1) is 16.3. The van der Waals surface area contributed by atoms with Crippen molar-refractivity contribution in [3.63, 3.8) is 0 Å². The van der Waals surface area contributed by atoms with Gasteiger partial charge in [-0.15, -0.1) is 0 Å². The van der Waals surface area contributed by atoms with Gasteiger partial charge in [0.05, 0.1) is 23.4 Å². The van der Waals surface area contributed by atoms with E-state index in [4.69, 9.17) is 13.9 Å². The molecule has 34 heavy (non-hydrogen) atoms. The number of carbonyl (C=O) groups excluding carboxylic acids is 1. The number of non-ortho nitro benzene ring substituents is 1. The number of methoxy groups -OCH3 is 1. The molecule has 3 aromatic rings. The van der Waals surface area contributed by atoms with Gasteiger partial charge in [0.25, 0.3) is 11.6 Å². The van der Waals surface area contributed by atoms with Crippen LogP contribution in [0.1, 0.15) is 22.6 Å². The lowest BCUT2D eigenvalue weighted by molar-refractivity contribution is -0.384. The number of ether oxygens (including phenoxy) is 2. The Kier molecular flexibility index (Phi) is 8.07. The van der Waals surface area contributed by atoms with Gasteiger partial charge in [-0.3, -0.25) is 14.9 Å². The molecule has 0 fully saturated rings. The van der Waals surface area contributed by atoms with Crippen LogP contribution in [0.3, 0.4) is 0 Å². The molecule has 0 aliphatic carbocycles. The Morgan fingerprint density at radius 1 is 1.35 bits per heavy atom. The van der Waals surface area contributed by atoms with E-state index in [-0.39, 0.29) is 23.7 Å². The monoisotopic (exact) mass is 527 g/mol. The van der Waals surface area contributed by atoms with Gasteiger partial charge < -0.3 is 13.9 Å². The molecule has 174 valence electrons. The lowest BCUT2D eigenvalue weighted by Gasteiger charge is -2.13.